The van der Waals surface area contributed by atoms with E-state index >= 15 is 0 Å². The van der Waals surface area contributed by atoms with Crippen molar-refractivity contribution in [2.45, 2.75) is 31.7 Å². The van der Waals surface area contributed by atoms with Gasteiger partial charge in [-0.05, 0) is 25.7 Å². The summed E-state index contributed by atoms with van der Waals surface area (Å²) in [6.45, 7) is 0. The average Bonchev–Trinajstić information content (AvgIpc) is 2.92. The Hall–Kier alpha value is -1.06. The molecule has 1 N–H and O–H groups in total. The molecule has 13 heavy (non-hydrogen) atoms. The van der Waals surface area contributed by atoms with E-state index in [0.717, 1.165) is 12.8 Å². The lowest BCUT2D eigenvalue weighted by Crippen LogP contribution is -2.39. The van der Waals surface area contributed by atoms with E-state index in [4.69, 9.17) is 5.11 Å². The topological polar surface area (TPSA) is 57.6 Å². The molecule has 0 heterocycles. The summed E-state index contributed by atoms with van der Waals surface area (Å²) in [5.74, 6) is -1.15. The smallest absolute Gasteiger partial charge is 0.319 e. The van der Waals surface area contributed by atoms with E-state index in [9.17, 15) is 9.59 Å². The molecule has 0 aromatic carbocycles. The Morgan fingerprint density at radius 3 is 2.23 bits per heavy atom. The molecular weight excluding hydrogens is 170 g/mol. The van der Waals surface area contributed by atoms with Crippen LogP contribution in [0.5, 0.6) is 0 Å². The zero-order valence-corrected chi connectivity index (χ0v) is 7.62. The second kappa shape index (κ2) is 2.47. The van der Waals surface area contributed by atoms with Gasteiger partial charge in [0, 0.05) is 13.1 Å². The number of hydrogen-bond donors (Lipinski definition) is 1. The maximum absolute atomic E-state index is 11.7. The van der Waals surface area contributed by atoms with Crippen LogP contribution in [0.3, 0.4) is 0 Å². The standard InChI is InChI=1S/C9H13NO3/c1-10(6-2-3-6)7(11)9(4-5-9)8(12)13/h6H,2-5H2,1H3,(H,12,13). The molecule has 0 radical (unpaired) electrons. The van der Waals surface area contributed by atoms with Gasteiger partial charge in [0.05, 0.1) is 0 Å². The summed E-state index contributed by atoms with van der Waals surface area (Å²) in [6.07, 6.45) is 3.08. The van der Waals surface area contributed by atoms with Gasteiger partial charge < -0.3 is 10.0 Å². The van der Waals surface area contributed by atoms with Gasteiger partial charge in [0.25, 0.3) is 0 Å². The van der Waals surface area contributed by atoms with Crippen LogP contribution in [0.25, 0.3) is 0 Å². The fourth-order valence-corrected chi connectivity index (χ4v) is 1.61. The van der Waals surface area contributed by atoms with Crippen molar-refractivity contribution in [1.29, 1.82) is 0 Å². The second-order valence-electron chi connectivity index (χ2n) is 4.03. The third kappa shape index (κ3) is 1.20. The number of amides is 1. The Morgan fingerprint density at radius 2 is 1.92 bits per heavy atom. The molecule has 72 valence electrons. The SMILES string of the molecule is CN(C(=O)C1(C(=O)O)CC1)C1CC1. The molecule has 0 saturated heterocycles. The number of carbonyl (C=O) groups excluding carboxylic acids is 1. The first-order chi connectivity index (χ1) is 6.08. The first kappa shape index (κ1) is 8.53. The lowest BCUT2D eigenvalue weighted by Gasteiger charge is -2.20. The van der Waals surface area contributed by atoms with E-state index in [2.05, 4.69) is 0 Å². The monoisotopic (exact) mass is 183 g/mol. The number of carbonyl (C=O) groups is 2. The van der Waals surface area contributed by atoms with Gasteiger partial charge in [-0.15, -0.1) is 0 Å². The average molecular weight is 183 g/mol. The number of carboxylic acids is 1. The Kier molecular flexibility index (Phi) is 1.62. The van der Waals surface area contributed by atoms with Gasteiger partial charge in [-0.1, -0.05) is 0 Å². The summed E-state index contributed by atoms with van der Waals surface area (Å²) in [7, 11) is 1.71. The molecule has 0 spiro atoms. The van der Waals surface area contributed by atoms with Gasteiger partial charge in [0.1, 0.15) is 5.41 Å². The van der Waals surface area contributed by atoms with Gasteiger partial charge in [-0.25, -0.2) is 0 Å². The highest BCUT2D eigenvalue weighted by Gasteiger charge is 2.59. The number of rotatable bonds is 3. The maximum Gasteiger partial charge on any atom is 0.319 e. The molecule has 2 saturated carbocycles. The Labute approximate surface area is 76.5 Å². The number of hydrogen-bond acceptors (Lipinski definition) is 2. The summed E-state index contributed by atoms with van der Waals surface area (Å²) in [5, 5.41) is 8.88. The van der Waals surface area contributed by atoms with Crippen molar-refractivity contribution in [3.63, 3.8) is 0 Å². The van der Waals surface area contributed by atoms with Crippen LogP contribution < -0.4 is 0 Å². The van der Waals surface area contributed by atoms with Crippen LogP contribution in [-0.4, -0.2) is 35.0 Å². The first-order valence-corrected chi connectivity index (χ1v) is 4.58. The molecule has 4 heteroatoms. The van der Waals surface area contributed by atoms with Crippen molar-refractivity contribution < 1.29 is 14.7 Å². The summed E-state index contributed by atoms with van der Waals surface area (Å²) < 4.78 is 0. The van der Waals surface area contributed by atoms with Crippen molar-refractivity contribution in [2.24, 2.45) is 5.41 Å². The summed E-state index contributed by atoms with van der Waals surface area (Å²) in [6, 6.07) is 0.310. The normalized spacial score (nSPS) is 23.8. The van der Waals surface area contributed by atoms with Crippen LogP contribution in [0.15, 0.2) is 0 Å². The van der Waals surface area contributed by atoms with E-state index in [1.165, 1.54) is 0 Å². The first-order valence-electron chi connectivity index (χ1n) is 4.58. The van der Waals surface area contributed by atoms with Crippen LogP contribution in [0, 0.1) is 5.41 Å². The summed E-state index contributed by atoms with van der Waals surface area (Å²) in [4.78, 5) is 24.1. The largest absolute Gasteiger partial charge is 0.480 e. The van der Waals surface area contributed by atoms with Crippen molar-refractivity contribution in [3.05, 3.63) is 0 Å². The van der Waals surface area contributed by atoms with Crippen molar-refractivity contribution in [2.75, 3.05) is 7.05 Å². The zero-order valence-electron chi connectivity index (χ0n) is 7.62. The van der Waals surface area contributed by atoms with Crippen molar-refractivity contribution in [1.82, 2.24) is 4.90 Å². The van der Waals surface area contributed by atoms with Gasteiger partial charge in [0.15, 0.2) is 0 Å². The zero-order chi connectivity index (χ0) is 9.64. The van der Waals surface area contributed by atoms with Crippen LogP contribution in [0.1, 0.15) is 25.7 Å². The van der Waals surface area contributed by atoms with Gasteiger partial charge >= 0.3 is 5.97 Å². The molecule has 2 aliphatic rings. The molecule has 2 aliphatic carbocycles. The van der Waals surface area contributed by atoms with Gasteiger partial charge in [-0.2, -0.15) is 0 Å². The molecule has 0 unspecified atom stereocenters. The molecular formula is C9H13NO3. The lowest BCUT2D eigenvalue weighted by atomic mass is 10.1. The highest BCUT2D eigenvalue weighted by Crippen LogP contribution is 2.48. The fraction of sp³-hybridized carbons (Fsp3) is 0.778. The number of nitrogens with zero attached hydrogens (tertiary/aromatic N) is 1. The second-order valence-corrected chi connectivity index (χ2v) is 4.03. The quantitative estimate of drug-likeness (QED) is 0.647. The van der Waals surface area contributed by atoms with Gasteiger partial charge in [0.2, 0.25) is 5.91 Å². The van der Waals surface area contributed by atoms with Crippen LogP contribution >= 0.6 is 0 Å². The van der Waals surface area contributed by atoms with E-state index in [1.807, 2.05) is 0 Å². The van der Waals surface area contributed by atoms with Gasteiger partial charge in [-0.3, -0.25) is 9.59 Å². The maximum atomic E-state index is 11.7. The van der Waals surface area contributed by atoms with Crippen LogP contribution in [0.2, 0.25) is 0 Å². The molecule has 0 aliphatic heterocycles. The minimum atomic E-state index is -1.04. The number of carboxylic acid groups (broad SMARTS) is 1. The Balaban J connectivity index is 2.07. The molecule has 1 amide bonds. The molecule has 2 rings (SSSR count). The molecule has 4 nitrogen and oxygen atoms in total. The number of aliphatic carboxylic acids is 1. The van der Waals surface area contributed by atoms with Crippen molar-refractivity contribution >= 4 is 11.9 Å². The lowest BCUT2D eigenvalue weighted by molar-refractivity contribution is -0.153. The molecule has 2 fully saturated rings. The van der Waals surface area contributed by atoms with Crippen LogP contribution in [-0.2, 0) is 9.59 Å². The van der Waals surface area contributed by atoms with E-state index in [0.29, 0.717) is 18.9 Å². The third-order valence-corrected chi connectivity index (χ3v) is 2.98. The Morgan fingerprint density at radius 1 is 1.38 bits per heavy atom. The van der Waals surface area contributed by atoms with E-state index in [1.54, 1.807) is 11.9 Å². The highest BCUT2D eigenvalue weighted by atomic mass is 16.4. The third-order valence-electron chi connectivity index (χ3n) is 2.98. The fourth-order valence-electron chi connectivity index (χ4n) is 1.61. The molecule has 0 atom stereocenters. The predicted octanol–water partition coefficient (Wildman–Crippen LogP) is 0.472. The minimum Gasteiger partial charge on any atom is -0.480 e. The van der Waals surface area contributed by atoms with Crippen molar-refractivity contribution in [3.8, 4) is 0 Å². The van der Waals surface area contributed by atoms with Crippen LogP contribution in [0.4, 0.5) is 0 Å². The molecule has 0 aromatic heterocycles. The predicted molar refractivity (Wildman–Crippen MR) is 45.1 cm³/mol. The Bertz CT molecular complexity index is 266. The van der Waals surface area contributed by atoms with E-state index < -0.39 is 11.4 Å². The molecule has 0 bridgehead atoms. The molecule has 0 aromatic rings. The summed E-state index contributed by atoms with van der Waals surface area (Å²) in [5.41, 5.74) is -1.04. The highest BCUT2D eigenvalue weighted by molar-refractivity contribution is 6.04. The summed E-state index contributed by atoms with van der Waals surface area (Å²) >= 11 is 0. The minimum absolute atomic E-state index is 0.192. The van der Waals surface area contributed by atoms with E-state index in [-0.39, 0.29) is 5.91 Å².